The van der Waals surface area contributed by atoms with Gasteiger partial charge in [-0.2, -0.15) is 0 Å². The number of rotatable bonds is 5. The monoisotopic (exact) mass is 383 g/mol. The van der Waals surface area contributed by atoms with E-state index in [-0.39, 0.29) is 5.78 Å². The molecule has 3 rings (SSSR count). The van der Waals surface area contributed by atoms with E-state index in [9.17, 15) is 4.79 Å². The molecule has 0 saturated carbocycles. The van der Waals surface area contributed by atoms with E-state index in [4.69, 9.17) is 17.0 Å². The molecule has 1 fully saturated rings. The fourth-order valence-electron chi connectivity index (χ4n) is 3.11. The van der Waals surface area contributed by atoms with Gasteiger partial charge in [0.15, 0.2) is 10.9 Å². The average Bonchev–Trinajstić information content (AvgIpc) is 2.72. The molecule has 1 N–H and O–H groups in total. The third-order valence-corrected chi connectivity index (χ3v) is 5.21. The van der Waals surface area contributed by atoms with E-state index in [0.717, 1.165) is 48.3 Å². The van der Waals surface area contributed by atoms with Gasteiger partial charge in [0.2, 0.25) is 0 Å². The highest BCUT2D eigenvalue weighted by molar-refractivity contribution is 7.80. The fourth-order valence-corrected chi connectivity index (χ4v) is 3.36. The van der Waals surface area contributed by atoms with E-state index in [1.54, 1.807) is 14.0 Å². The van der Waals surface area contributed by atoms with Crippen molar-refractivity contribution in [2.75, 3.05) is 38.2 Å². The van der Waals surface area contributed by atoms with E-state index >= 15 is 0 Å². The SMILES string of the molecule is COc1ccc(CNC(=S)N2CCN(c3ccc(C(C)=O)cc3)CC2)cc1. The summed E-state index contributed by atoms with van der Waals surface area (Å²) in [6.07, 6.45) is 0. The van der Waals surface area contributed by atoms with Crippen LogP contribution in [-0.4, -0.2) is 49.1 Å². The smallest absolute Gasteiger partial charge is 0.169 e. The highest BCUT2D eigenvalue weighted by Gasteiger charge is 2.19. The zero-order chi connectivity index (χ0) is 19.2. The molecule has 0 radical (unpaired) electrons. The van der Waals surface area contributed by atoms with Crippen LogP contribution >= 0.6 is 12.2 Å². The van der Waals surface area contributed by atoms with Crippen molar-refractivity contribution in [3.63, 3.8) is 0 Å². The molecule has 5 nitrogen and oxygen atoms in total. The molecule has 0 atom stereocenters. The third-order valence-electron chi connectivity index (χ3n) is 4.81. The molecule has 0 spiro atoms. The Kier molecular flexibility index (Phi) is 6.29. The Morgan fingerprint density at radius 1 is 1.04 bits per heavy atom. The first-order chi connectivity index (χ1) is 13.1. The van der Waals surface area contributed by atoms with Crippen LogP contribution in [0.2, 0.25) is 0 Å². The first-order valence-electron chi connectivity index (χ1n) is 9.08. The summed E-state index contributed by atoms with van der Waals surface area (Å²) in [5, 5.41) is 4.13. The lowest BCUT2D eigenvalue weighted by molar-refractivity contribution is 0.101. The standard InChI is InChI=1S/C21H25N3O2S/c1-16(25)18-5-7-19(8-6-18)23-11-13-24(14-12-23)21(27)22-15-17-3-9-20(26-2)10-4-17/h3-10H,11-15H2,1-2H3,(H,22,27). The summed E-state index contributed by atoms with van der Waals surface area (Å²) in [5.41, 5.74) is 3.07. The predicted molar refractivity (Wildman–Crippen MR) is 113 cm³/mol. The molecule has 0 aromatic heterocycles. The van der Waals surface area contributed by atoms with E-state index in [2.05, 4.69) is 15.1 Å². The number of ether oxygens (including phenoxy) is 1. The Balaban J connectivity index is 1.47. The number of anilines is 1. The van der Waals surface area contributed by atoms with Crippen molar-refractivity contribution in [2.45, 2.75) is 13.5 Å². The van der Waals surface area contributed by atoms with Crippen LogP contribution in [0.5, 0.6) is 5.75 Å². The molecule has 1 aliphatic heterocycles. The minimum atomic E-state index is 0.0969. The van der Waals surface area contributed by atoms with Crippen LogP contribution in [0.25, 0.3) is 0 Å². The Morgan fingerprint density at radius 2 is 1.67 bits per heavy atom. The molecular formula is C21H25N3O2S. The van der Waals surface area contributed by atoms with Crippen molar-refractivity contribution in [2.24, 2.45) is 0 Å². The molecule has 6 heteroatoms. The van der Waals surface area contributed by atoms with Crippen LogP contribution < -0.4 is 15.0 Å². The summed E-state index contributed by atoms with van der Waals surface area (Å²) >= 11 is 5.56. The van der Waals surface area contributed by atoms with E-state index < -0.39 is 0 Å². The summed E-state index contributed by atoms with van der Waals surface area (Å²) in [6, 6.07) is 15.8. The number of methoxy groups -OCH3 is 1. The van der Waals surface area contributed by atoms with Gasteiger partial charge in [-0.1, -0.05) is 12.1 Å². The van der Waals surface area contributed by atoms with Crippen molar-refractivity contribution in [1.82, 2.24) is 10.2 Å². The molecule has 1 saturated heterocycles. The molecule has 142 valence electrons. The van der Waals surface area contributed by atoms with Gasteiger partial charge in [-0.25, -0.2) is 0 Å². The fraction of sp³-hybridized carbons (Fsp3) is 0.333. The molecule has 0 aliphatic carbocycles. The van der Waals surface area contributed by atoms with Gasteiger partial charge in [0.05, 0.1) is 7.11 Å². The van der Waals surface area contributed by atoms with Gasteiger partial charge in [0, 0.05) is 44.0 Å². The average molecular weight is 384 g/mol. The maximum atomic E-state index is 11.4. The number of ketones is 1. The molecule has 2 aromatic rings. The van der Waals surface area contributed by atoms with Crippen molar-refractivity contribution in [3.8, 4) is 5.75 Å². The largest absolute Gasteiger partial charge is 0.497 e. The van der Waals surface area contributed by atoms with Crippen LogP contribution in [0.4, 0.5) is 5.69 Å². The normalized spacial score (nSPS) is 14.0. The molecule has 2 aromatic carbocycles. The molecule has 0 unspecified atom stereocenters. The number of nitrogens with zero attached hydrogens (tertiary/aromatic N) is 2. The van der Waals surface area contributed by atoms with E-state index in [0.29, 0.717) is 6.54 Å². The molecule has 1 heterocycles. The minimum absolute atomic E-state index is 0.0969. The lowest BCUT2D eigenvalue weighted by atomic mass is 10.1. The number of nitrogens with one attached hydrogen (secondary N) is 1. The van der Waals surface area contributed by atoms with Gasteiger partial charge >= 0.3 is 0 Å². The quantitative estimate of drug-likeness (QED) is 0.632. The number of piperazine rings is 1. The maximum absolute atomic E-state index is 11.4. The van der Waals surface area contributed by atoms with Crippen molar-refractivity contribution in [3.05, 3.63) is 59.7 Å². The summed E-state index contributed by atoms with van der Waals surface area (Å²) in [4.78, 5) is 15.9. The van der Waals surface area contributed by atoms with Crippen molar-refractivity contribution < 1.29 is 9.53 Å². The van der Waals surface area contributed by atoms with Crippen LogP contribution in [0, 0.1) is 0 Å². The van der Waals surface area contributed by atoms with Gasteiger partial charge in [0.1, 0.15) is 5.75 Å². The van der Waals surface area contributed by atoms with Crippen LogP contribution in [0.1, 0.15) is 22.8 Å². The van der Waals surface area contributed by atoms with Crippen LogP contribution in [0.15, 0.2) is 48.5 Å². The zero-order valence-electron chi connectivity index (χ0n) is 15.8. The first kappa shape index (κ1) is 19.2. The second-order valence-corrected chi connectivity index (χ2v) is 6.97. The summed E-state index contributed by atoms with van der Waals surface area (Å²) in [7, 11) is 1.67. The third kappa shape index (κ3) is 4.98. The van der Waals surface area contributed by atoms with Gasteiger partial charge < -0.3 is 19.9 Å². The molecular weight excluding hydrogens is 358 g/mol. The van der Waals surface area contributed by atoms with Gasteiger partial charge in [-0.15, -0.1) is 0 Å². The second kappa shape index (κ2) is 8.86. The van der Waals surface area contributed by atoms with E-state index in [1.807, 2.05) is 48.5 Å². The summed E-state index contributed by atoms with van der Waals surface area (Å²) in [6.45, 7) is 5.86. The highest BCUT2D eigenvalue weighted by atomic mass is 32.1. The molecule has 1 aliphatic rings. The summed E-state index contributed by atoms with van der Waals surface area (Å²) in [5.74, 6) is 0.952. The molecule has 0 bridgehead atoms. The summed E-state index contributed by atoms with van der Waals surface area (Å²) < 4.78 is 5.18. The minimum Gasteiger partial charge on any atom is -0.497 e. The van der Waals surface area contributed by atoms with Crippen LogP contribution in [-0.2, 0) is 6.54 Å². The zero-order valence-corrected chi connectivity index (χ0v) is 16.6. The van der Waals surface area contributed by atoms with Gasteiger partial charge in [-0.05, 0) is 61.1 Å². The van der Waals surface area contributed by atoms with Gasteiger partial charge in [0.25, 0.3) is 0 Å². The van der Waals surface area contributed by atoms with Crippen LogP contribution in [0.3, 0.4) is 0 Å². The highest BCUT2D eigenvalue weighted by Crippen LogP contribution is 2.18. The number of benzene rings is 2. The maximum Gasteiger partial charge on any atom is 0.169 e. The number of hydrogen-bond donors (Lipinski definition) is 1. The Morgan fingerprint density at radius 3 is 2.22 bits per heavy atom. The number of carbonyl (C=O) groups is 1. The lowest BCUT2D eigenvalue weighted by Crippen LogP contribution is -2.51. The second-order valence-electron chi connectivity index (χ2n) is 6.58. The lowest BCUT2D eigenvalue weighted by Gasteiger charge is -2.37. The van der Waals surface area contributed by atoms with Gasteiger partial charge in [-0.3, -0.25) is 4.79 Å². The Hall–Kier alpha value is -2.60. The van der Waals surface area contributed by atoms with Crippen molar-refractivity contribution in [1.29, 1.82) is 0 Å². The number of thiocarbonyl (C=S) groups is 1. The predicted octanol–water partition coefficient (Wildman–Crippen LogP) is 3.09. The molecule has 27 heavy (non-hydrogen) atoms. The molecule has 0 amide bonds. The first-order valence-corrected chi connectivity index (χ1v) is 9.49. The Labute approximate surface area is 165 Å². The number of hydrogen-bond acceptors (Lipinski definition) is 4. The number of carbonyl (C=O) groups excluding carboxylic acids is 1. The van der Waals surface area contributed by atoms with E-state index in [1.165, 1.54) is 5.56 Å². The topological polar surface area (TPSA) is 44.8 Å². The number of Topliss-reactive ketones (excluding diaryl/α,β-unsaturated/α-hetero) is 1. The Bertz CT molecular complexity index is 782. The van der Waals surface area contributed by atoms with Crippen molar-refractivity contribution >= 4 is 28.8 Å².